The van der Waals surface area contributed by atoms with Crippen LogP contribution in [-0.4, -0.2) is 22.4 Å². The SMILES string of the molecule is Cc1ccnc(OCCCc2ccncc2)c1C(=N)N. The number of hydrogen-bond donors (Lipinski definition) is 2. The molecule has 0 saturated carbocycles. The lowest BCUT2D eigenvalue weighted by Crippen LogP contribution is -2.16. The van der Waals surface area contributed by atoms with Crippen molar-refractivity contribution in [3.05, 3.63) is 53.5 Å². The highest BCUT2D eigenvalue weighted by molar-refractivity contribution is 5.98. The molecule has 2 rings (SSSR count). The molecule has 3 N–H and O–H groups in total. The van der Waals surface area contributed by atoms with Crippen molar-refractivity contribution < 1.29 is 4.74 Å². The molecule has 5 nitrogen and oxygen atoms in total. The quantitative estimate of drug-likeness (QED) is 0.478. The lowest BCUT2D eigenvalue weighted by atomic mass is 10.1. The van der Waals surface area contributed by atoms with Gasteiger partial charge in [-0.2, -0.15) is 0 Å². The number of nitrogens with one attached hydrogen (secondary N) is 1. The number of aryl methyl sites for hydroxylation is 2. The third-order valence-electron chi connectivity index (χ3n) is 2.99. The van der Waals surface area contributed by atoms with Crippen LogP contribution < -0.4 is 10.5 Å². The molecular formula is C15H18N4O. The highest BCUT2D eigenvalue weighted by atomic mass is 16.5. The van der Waals surface area contributed by atoms with E-state index in [9.17, 15) is 0 Å². The van der Waals surface area contributed by atoms with Crippen LogP contribution in [0.4, 0.5) is 0 Å². The molecule has 0 aliphatic carbocycles. The molecule has 0 bridgehead atoms. The van der Waals surface area contributed by atoms with Crippen LogP contribution in [0.5, 0.6) is 5.88 Å². The number of ether oxygens (including phenoxy) is 1. The van der Waals surface area contributed by atoms with Crippen molar-refractivity contribution in [2.75, 3.05) is 6.61 Å². The van der Waals surface area contributed by atoms with Crippen LogP contribution in [0.1, 0.15) is 23.1 Å². The monoisotopic (exact) mass is 270 g/mol. The summed E-state index contributed by atoms with van der Waals surface area (Å²) < 4.78 is 5.65. The van der Waals surface area contributed by atoms with E-state index >= 15 is 0 Å². The van der Waals surface area contributed by atoms with Gasteiger partial charge in [-0.3, -0.25) is 10.4 Å². The average molecular weight is 270 g/mol. The maximum Gasteiger partial charge on any atom is 0.224 e. The van der Waals surface area contributed by atoms with Gasteiger partial charge in [0.25, 0.3) is 0 Å². The molecule has 0 fully saturated rings. The highest BCUT2D eigenvalue weighted by Crippen LogP contribution is 2.18. The predicted octanol–water partition coefficient (Wildman–Crippen LogP) is 2.08. The fourth-order valence-corrected chi connectivity index (χ4v) is 1.96. The Hall–Kier alpha value is -2.43. The minimum atomic E-state index is -0.0141. The number of aromatic nitrogens is 2. The fourth-order valence-electron chi connectivity index (χ4n) is 1.96. The Balaban J connectivity index is 1.92. The molecule has 104 valence electrons. The number of hydrogen-bond acceptors (Lipinski definition) is 4. The second-order valence-corrected chi connectivity index (χ2v) is 4.53. The first-order valence-corrected chi connectivity index (χ1v) is 6.50. The molecule has 2 aromatic heterocycles. The minimum absolute atomic E-state index is 0.0141. The molecule has 0 unspecified atom stereocenters. The zero-order chi connectivity index (χ0) is 14.4. The molecule has 2 aromatic rings. The average Bonchev–Trinajstić information content (AvgIpc) is 2.44. The zero-order valence-electron chi connectivity index (χ0n) is 11.5. The molecular weight excluding hydrogens is 252 g/mol. The minimum Gasteiger partial charge on any atom is -0.477 e. The van der Waals surface area contributed by atoms with Gasteiger partial charge >= 0.3 is 0 Å². The van der Waals surface area contributed by atoms with Gasteiger partial charge in [-0.05, 0) is 49.1 Å². The summed E-state index contributed by atoms with van der Waals surface area (Å²) in [7, 11) is 0. The van der Waals surface area contributed by atoms with Crippen molar-refractivity contribution in [1.82, 2.24) is 9.97 Å². The third-order valence-corrected chi connectivity index (χ3v) is 2.99. The Morgan fingerprint density at radius 3 is 2.70 bits per heavy atom. The summed E-state index contributed by atoms with van der Waals surface area (Å²) in [6.45, 7) is 2.43. The molecule has 0 aliphatic heterocycles. The van der Waals surface area contributed by atoms with Gasteiger partial charge in [-0.25, -0.2) is 4.98 Å². The maximum absolute atomic E-state index is 7.58. The van der Waals surface area contributed by atoms with Crippen molar-refractivity contribution >= 4 is 5.84 Å². The van der Waals surface area contributed by atoms with Crippen molar-refractivity contribution in [2.45, 2.75) is 19.8 Å². The van der Waals surface area contributed by atoms with Gasteiger partial charge in [-0.15, -0.1) is 0 Å². The lowest BCUT2D eigenvalue weighted by Gasteiger charge is -2.11. The molecule has 20 heavy (non-hydrogen) atoms. The van der Waals surface area contributed by atoms with Gasteiger partial charge in [0.05, 0.1) is 12.2 Å². The van der Waals surface area contributed by atoms with Crippen LogP contribution in [0, 0.1) is 12.3 Å². The van der Waals surface area contributed by atoms with Crippen LogP contribution in [-0.2, 0) is 6.42 Å². The maximum atomic E-state index is 7.58. The van der Waals surface area contributed by atoms with E-state index in [1.807, 2.05) is 25.1 Å². The molecule has 0 saturated heterocycles. The normalized spacial score (nSPS) is 10.2. The Kier molecular flexibility index (Phi) is 4.65. The number of rotatable bonds is 6. The molecule has 0 amide bonds. The van der Waals surface area contributed by atoms with Gasteiger partial charge in [0, 0.05) is 18.6 Å². The number of nitrogens with two attached hydrogens (primary N) is 1. The third kappa shape index (κ3) is 3.54. The molecule has 2 heterocycles. The number of nitrogen functional groups attached to an aromatic ring is 1. The summed E-state index contributed by atoms with van der Waals surface area (Å²) in [6.07, 6.45) is 7.03. The van der Waals surface area contributed by atoms with Crippen molar-refractivity contribution in [3.63, 3.8) is 0 Å². The van der Waals surface area contributed by atoms with E-state index in [1.54, 1.807) is 18.6 Å². The number of nitrogens with zero attached hydrogens (tertiary/aromatic N) is 2. The second kappa shape index (κ2) is 6.65. The van der Waals surface area contributed by atoms with Gasteiger partial charge in [0.15, 0.2) is 0 Å². The number of amidine groups is 1. The summed E-state index contributed by atoms with van der Waals surface area (Å²) in [4.78, 5) is 8.14. The summed E-state index contributed by atoms with van der Waals surface area (Å²) >= 11 is 0. The van der Waals surface area contributed by atoms with Crippen LogP contribution in [0.2, 0.25) is 0 Å². The molecule has 0 radical (unpaired) electrons. The van der Waals surface area contributed by atoms with Crippen LogP contribution in [0.25, 0.3) is 0 Å². The number of pyridine rings is 2. The Bertz CT molecular complexity index is 584. The first-order valence-electron chi connectivity index (χ1n) is 6.50. The van der Waals surface area contributed by atoms with Gasteiger partial charge < -0.3 is 10.5 Å². The van der Waals surface area contributed by atoms with Gasteiger partial charge in [-0.1, -0.05) is 0 Å². The topological polar surface area (TPSA) is 84.9 Å². The summed E-state index contributed by atoms with van der Waals surface area (Å²) in [6, 6.07) is 5.80. The predicted molar refractivity (Wildman–Crippen MR) is 78.0 cm³/mol. The largest absolute Gasteiger partial charge is 0.477 e. The van der Waals surface area contributed by atoms with Crippen LogP contribution >= 0.6 is 0 Å². The van der Waals surface area contributed by atoms with E-state index < -0.39 is 0 Å². The van der Waals surface area contributed by atoms with E-state index in [2.05, 4.69) is 9.97 Å². The highest BCUT2D eigenvalue weighted by Gasteiger charge is 2.11. The molecule has 0 spiro atoms. The van der Waals surface area contributed by atoms with Gasteiger partial charge in [0.2, 0.25) is 5.88 Å². The molecule has 5 heteroatoms. The summed E-state index contributed by atoms with van der Waals surface area (Å²) in [5.74, 6) is 0.423. The lowest BCUT2D eigenvalue weighted by molar-refractivity contribution is 0.298. The second-order valence-electron chi connectivity index (χ2n) is 4.53. The van der Waals surface area contributed by atoms with E-state index in [4.69, 9.17) is 15.9 Å². The van der Waals surface area contributed by atoms with E-state index in [1.165, 1.54) is 5.56 Å². The summed E-state index contributed by atoms with van der Waals surface area (Å²) in [5, 5.41) is 7.58. The zero-order valence-corrected chi connectivity index (χ0v) is 11.5. The van der Waals surface area contributed by atoms with E-state index in [-0.39, 0.29) is 5.84 Å². The summed E-state index contributed by atoms with van der Waals surface area (Å²) in [5.41, 5.74) is 8.28. The van der Waals surface area contributed by atoms with Crippen molar-refractivity contribution in [2.24, 2.45) is 5.73 Å². The van der Waals surface area contributed by atoms with Crippen LogP contribution in [0.15, 0.2) is 36.8 Å². The van der Waals surface area contributed by atoms with Crippen LogP contribution in [0.3, 0.4) is 0 Å². The first kappa shape index (κ1) is 14.0. The molecule has 0 aliphatic rings. The Labute approximate surface area is 118 Å². The molecule has 0 atom stereocenters. The van der Waals surface area contributed by atoms with Crippen molar-refractivity contribution in [1.29, 1.82) is 5.41 Å². The fraction of sp³-hybridized carbons (Fsp3) is 0.267. The first-order chi connectivity index (χ1) is 9.68. The van der Waals surface area contributed by atoms with E-state index in [0.717, 1.165) is 18.4 Å². The smallest absolute Gasteiger partial charge is 0.224 e. The standard InChI is InChI=1S/C15H18N4O/c1-11-4-9-19-15(13(11)14(16)17)20-10-2-3-12-5-7-18-8-6-12/h4-9H,2-3,10H2,1H3,(H3,16,17). The molecule has 0 aromatic carbocycles. The van der Waals surface area contributed by atoms with Crippen molar-refractivity contribution in [3.8, 4) is 5.88 Å². The Morgan fingerprint density at radius 2 is 2.00 bits per heavy atom. The van der Waals surface area contributed by atoms with E-state index in [0.29, 0.717) is 18.1 Å². The van der Waals surface area contributed by atoms with Gasteiger partial charge in [0.1, 0.15) is 5.84 Å². The Morgan fingerprint density at radius 1 is 1.25 bits per heavy atom.